The summed E-state index contributed by atoms with van der Waals surface area (Å²) in [5, 5.41) is 0. The maximum absolute atomic E-state index is 2.72. The van der Waals surface area contributed by atoms with E-state index in [2.05, 4.69) is 49.6 Å². The van der Waals surface area contributed by atoms with E-state index < -0.39 is 0 Å². The molecule has 4 aliphatic rings. The zero-order chi connectivity index (χ0) is 14.1. The van der Waals surface area contributed by atoms with Gasteiger partial charge in [-0.05, 0) is 56.7 Å². The molecule has 2 heteroatoms. The molecule has 4 saturated heterocycles. The Bertz CT molecular complexity index is 549. The predicted molar refractivity (Wildman–Crippen MR) is 83.0 cm³/mol. The molecule has 5 rings (SSSR count). The Labute approximate surface area is 122 Å². The van der Waals surface area contributed by atoms with Crippen LogP contribution in [0, 0.1) is 26.7 Å². The van der Waals surface area contributed by atoms with Crippen molar-refractivity contribution in [2.24, 2.45) is 5.92 Å². The van der Waals surface area contributed by atoms with E-state index in [1.807, 2.05) is 0 Å². The molecule has 0 amide bonds. The van der Waals surface area contributed by atoms with Gasteiger partial charge in [0.05, 0.1) is 6.67 Å². The Hall–Kier alpha value is -0.860. The lowest BCUT2D eigenvalue weighted by atomic mass is 9.61. The highest BCUT2D eigenvalue weighted by molar-refractivity contribution is 5.44. The first-order chi connectivity index (χ1) is 9.49. The van der Waals surface area contributed by atoms with Crippen molar-refractivity contribution in [3.8, 4) is 0 Å². The third kappa shape index (κ3) is 1.58. The number of rotatable bonds is 1. The first kappa shape index (κ1) is 12.8. The predicted octanol–water partition coefficient (Wildman–Crippen LogP) is 2.85. The van der Waals surface area contributed by atoms with Crippen LogP contribution in [0.2, 0.25) is 0 Å². The second-order valence-electron chi connectivity index (χ2n) is 7.58. The van der Waals surface area contributed by atoms with Gasteiger partial charge < -0.3 is 0 Å². The molecule has 1 aromatic carbocycles. The van der Waals surface area contributed by atoms with Gasteiger partial charge in [0.2, 0.25) is 0 Å². The zero-order valence-electron chi connectivity index (χ0n) is 13.2. The van der Waals surface area contributed by atoms with Crippen LogP contribution in [0.5, 0.6) is 0 Å². The summed E-state index contributed by atoms with van der Waals surface area (Å²) >= 11 is 0. The van der Waals surface area contributed by atoms with Crippen molar-refractivity contribution < 1.29 is 0 Å². The number of benzene rings is 1. The van der Waals surface area contributed by atoms with Gasteiger partial charge in [0.1, 0.15) is 0 Å². The summed E-state index contributed by atoms with van der Waals surface area (Å²) in [6.45, 7) is 14.4. The highest BCUT2D eigenvalue weighted by atomic mass is 15.4. The number of piperidine rings is 2. The molecule has 2 nitrogen and oxygen atoms in total. The highest BCUT2D eigenvalue weighted by Gasteiger charge is 2.55. The van der Waals surface area contributed by atoms with Gasteiger partial charge in [-0.25, -0.2) is 0 Å². The summed E-state index contributed by atoms with van der Waals surface area (Å²) in [5.74, 6) is 0.883. The molecule has 4 heterocycles. The summed E-state index contributed by atoms with van der Waals surface area (Å²) < 4.78 is 0. The molecule has 1 aromatic rings. The van der Waals surface area contributed by atoms with Crippen molar-refractivity contribution in [2.75, 3.05) is 26.3 Å². The van der Waals surface area contributed by atoms with Gasteiger partial charge in [0.15, 0.2) is 0 Å². The molecule has 0 saturated carbocycles. The van der Waals surface area contributed by atoms with Crippen LogP contribution >= 0.6 is 0 Å². The molecule has 0 spiro atoms. The van der Waals surface area contributed by atoms with Gasteiger partial charge >= 0.3 is 0 Å². The maximum atomic E-state index is 2.72. The molecule has 0 aliphatic carbocycles. The standard InChI is InChI=1S/C18H26N2/c1-12-5-13(2)14(3)17(6-12)18-7-16-8-19(10-18)11-20(9-16)15(18)4/h5-6,15-16H,7-11H2,1-4H3/t15-,16?,18?/m1/s1. The van der Waals surface area contributed by atoms with Crippen molar-refractivity contribution in [2.45, 2.75) is 45.6 Å². The molecule has 20 heavy (non-hydrogen) atoms. The number of nitrogens with zero attached hydrogens (tertiary/aromatic N) is 2. The van der Waals surface area contributed by atoms with Gasteiger partial charge in [0.25, 0.3) is 0 Å². The topological polar surface area (TPSA) is 6.48 Å². The van der Waals surface area contributed by atoms with E-state index in [1.165, 1.54) is 49.4 Å². The van der Waals surface area contributed by atoms with E-state index in [1.54, 1.807) is 5.56 Å². The minimum atomic E-state index is 0.375. The first-order valence-electron chi connectivity index (χ1n) is 8.04. The van der Waals surface area contributed by atoms with E-state index in [9.17, 15) is 0 Å². The number of hydrogen-bond acceptors (Lipinski definition) is 2. The van der Waals surface area contributed by atoms with Crippen LogP contribution in [-0.4, -0.2) is 42.1 Å². The Kier molecular flexibility index (Phi) is 2.62. The van der Waals surface area contributed by atoms with E-state index in [-0.39, 0.29) is 0 Å². The number of aryl methyl sites for hydroxylation is 2. The molecule has 4 unspecified atom stereocenters. The molecule has 0 N–H and O–H groups in total. The van der Waals surface area contributed by atoms with Crippen LogP contribution in [0.4, 0.5) is 0 Å². The summed E-state index contributed by atoms with van der Waals surface area (Å²) in [7, 11) is 0. The van der Waals surface area contributed by atoms with Gasteiger partial charge in [0, 0.05) is 31.1 Å². The quantitative estimate of drug-likeness (QED) is 0.774. The zero-order valence-corrected chi connectivity index (χ0v) is 13.2. The maximum Gasteiger partial charge on any atom is 0.0509 e. The van der Waals surface area contributed by atoms with E-state index in [0.29, 0.717) is 11.5 Å². The molecule has 108 valence electrons. The van der Waals surface area contributed by atoms with Gasteiger partial charge in [-0.2, -0.15) is 0 Å². The van der Waals surface area contributed by atoms with E-state index in [4.69, 9.17) is 0 Å². The molecule has 0 aromatic heterocycles. The fourth-order valence-corrected chi connectivity index (χ4v) is 5.26. The van der Waals surface area contributed by atoms with Crippen molar-refractivity contribution in [3.05, 3.63) is 34.4 Å². The Morgan fingerprint density at radius 2 is 1.95 bits per heavy atom. The van der Waals surface area contributed by atoms with E-state index >= 15 is 0 Å². The SMILES string of the molecule is Cc1cc(C)c(C)c(C23CC4CN(CN(C4)[C@@H]2C)C3)c1. The van der Waals surface area contributed by atoms with Crippen molar-refractivity contribution >= 4 is 0 Å². The largest absolute Gasteiger partial charge is 0.289 e. The summed E-state index contributed by atoms with van der Waals surface area (Å²) in [6.07, 6.45) is 1.39. The molecule has 5 atom stereocenters. The Morgan fingerprint density at radius 1 is 1.15 bits per heavy atom. The van der Waals surface area contributed by atoms with Crippen LogP contribution in [0.25, 0.3) is 0 Å². The Morgan fingerprint density at radius 3 is 2.70 bits per heavy atom. The fourth-order valence-electron chi connectivity index (χ4n) is 5.26. The normalized spacial score (nSPS) is 42.2. The second-order valence-corrected chi connectivity index (χ2v) is 7.58. The molecule has 4 fully saturated rings. The summed E-state index contributed by atoms with van der Waals surface area (Å²) in [6, 6.07) is 5.51. The molecule has 0 radical (unpaired) electrons. The van der Waals surface area contributed by atoms with Crippen LogP contribution in [0.15, 0.2) is 12.1 Å². The van der Waals surface area contributed by atoms with Gasteiger partial charge in [-0.15, -0.1) is 0 Å². The van der Waals surface area contributed by atoms with E-state index in [0.717, 1.165) is 5.92 Å². The molecular formula is C18H26N2. The van der Waals surface area contributed by atoms with Crippen LogP contribution < -0.4 is 0 Å². The molecule has 4 bridgehead atoms. The molecular weight excluding hydrogens is 244 g/mol. The van der Waals surface area contributed by atoms with Crippen molar-refractivity contribution in [1.82, 2.24) is 9.80 Å². The average Bonchev–Trinajstić information content (AvgIpc) is 2.39. The van der Waals surface area contributed by atoms with Crippen LogP contribution in [0.1, 0.15) is 35.6 Å². The third-order valence-electron chi connectivity index (χ3n) is 6.24. The van der Waals surface area contributed by atoms with Gasteiger partial charge in [-0.1, -0.05) is 17.7 Å². The second kappa shape index (κ2) is 4.08. The lowest BCUT2D eigenvalue weighted by molar-refractivity contribution is -0.121. The fraction of sp³-hybridized carbons (Fsp3) is 0.667. The molecule has 4 aliphatic heterocycles. The number of hydrogen-bond donors (Lipinski definition) is 0. The summed E-state index contributed by atoms with van der Waals surface area (Å²) in [5.41, 5.74) is 6.44. The minimum absolute atomic E-state index is 0.375. The van der Waals surface area contributed by atoms with Crippen LogP contribution in [-0.2, 0) is 5.41 Å². The lowest BCUT2D eigenvalue weighted by Crippen LogP contribution is -2.72. The monoisotopic (exact) mass is 270 g/mol. The highest BCUT2D eigenvalue weighted by Crippen LogP contribution is 2.49. The smallest absolute Gasteiger partial charge is 0.0509 e. The average molecular weight is 270 g/mol. The lowest BCUT2D eigenvalue weighted by Gasteiger charge is -2.63. The summed E-state index contributed by atoms with van der Waals surface area (Å²) in [4.78, 5) is 5.41. The van der Waals surface area contributed by atoms with Crippen molar-refractivity contribution in [3.63, 3.8) is 0 Å². The first-order valence-corrected chi connectivity index (χ1v) is 8.04. The minimum Gasteiger partial charge on any atom is -0.289 e. The Balaban J connectivity index is 1.88. The third-order valence-corrected chi connectivity index (χ3v) is 6.24. The van der Waals surface area contributed by atoms with Crippen molar-refractivity contribution in [1.29, 1.82) is 0 Å². The van der Waals surface area contributed by atoms with Gasteiger partial charge in [-0.3, -0.25) is 9.80 Å². The van der Waals surface area contributed by atoms with Crippen LogP contribution in [0.3, 0.4) is 0 Å².